The molecule has 1 heterocycles. The second-order valence-corrected chi connectivity index (χ2v) is 3.69. The molecule has 1 rings (SSSR count). The number of rotatable bonds is 4. The molecule has 0 fully saturated rings. The van der Waals surface area contributed by atoms with Crippen molar-refractivity contribution in [3.63, 3.8) is 0 Å². The molecule has 0 radical (unpaired) electrons. The molecule has 74 valence electrons. The van der Waals surface area contributed by atoms with E-state index in [1.807, 2.05) is 13.3 Å². The molecule has 0 spiro atoms. The lowest BCUT2D eigenvalue weighted by Gasteiger charge is -2.12. The van der Waals surface area contributed by atoms with Crippen LogP contribution in [0.1, 0.15) is 11.7 Å². The summed E-state index contributed by atoms with van der Waals surface area (Å²) in [6, 6.07) is -0.0163. The van der Waals surface area contributed by atoms with Crippen LogP contribution in [0.15, 0.2) is 6.20 Å². The van der Waals surface area contributed by atoms with Crippen LogP contribution in [0, 0.1) is 0 Å². The number of hydrogen-bond donors (Lipinski definition) is 1. The van der Waals surface area contributed by atoms with Gasteiger partial charge in [0, 0.05) is 12.8 Å². The molecule has 13 heavy (non-hydrogen) atoms. The molecule has 0 saturated carbocycles. The lowest BCUT2D eigenvalue weighted by atomic mass is 10.2. The van der Waals surface area contributed by atoms with Gasteiger partial charge in [-0.25, -0.2) is 0 Å². The first-order valence-electron chi connectivity index (χ1n) is 4.01. The molecule has 0 aliphatic carbocycles. The lowest BCUT2D eigenvalue weighted by molar-refractivity contribution is 0.405. The fraction of sp³-hybridized carbons (Fsp3) is 0.625. The van der Waals surface area contributed by atoms with Gasteiger partial charge in [0.25, 0.3) is 0 Å². The molecular weight excluding hydrogens is 186 g/mol. The molecule has 1 aromatic rings. The average Bonchev–Trinajstić information content (AvgIpc) is 2.47. The van der Waals surface area contributed by atoms with Crippen LogP contribution in [0.4, 0.5) is 0 Å². The van der Waals surface area contributed by atoms with Crippen LogP contribution in [0.5, 0.6) is 5.75 Å². The number of ether oxygens (including phenoxy) is 1. The summed E-state index contributed by atoms with van der Waals surface area (Å²) < 4.78 is 6.92. The minimum absolute atomic E-state index is 0.0163. The topological polar surface area (TPSA) is 53.1 Å². The molecule has 5 heteroatoms. The highest BCUT2D eigenvalue weighted by molar-refractivity contribution is 7.98. The number of nitrogens with zero attached hydrogens (tertiary/aromatic N) is 2. The van der Waals surface area contributed by atoms with Gasteiger partial charge < -0.3 is 10.5 Å². The maximum absolute atomic E-state index is 5.97. The highest BCUT2D eigenvalue weighted by atomic mass is 32.2. The normalized spacial score (nSPS) is 12.9. The van der Waals surface area contributed by atoms with Crippen LogP contribution in [0.25, 0.3) is 0 Å². The van der Waals surface area contributed by atoms with Crippen molar-refractivity contribution in [3.05, 3.63) is 11.9 Å². The second kappa shape index (κ2) is 4.53. The Morgan fingerprint density at radius 2 is 2.46 bits per heavy atom. The third-order valence-corrected chi connectivity index (χ3v) is 2.56. The zero-order chi connectivity index (χ0) is 9.84. The summed E-state index contributed by atoms with van der Waals surface area (Å²) in [7, 11) is 3.50. The van der Waals surface area contributed by atoms with Crippen LogP contribution in [-0.4, -0.2) is 28.9 Å². The predicted molar refractivity (Wildman–Crippen MR) is 55.1 cm³/mol. The first-order valence-corrected chi connectivity index (χ1v) is 5.40. The first-order chi connectivity index (χ1) is 6.20. The van der Waals surface area contributed by atoms with Crippen molar-refractivity contribution in [1.82, 2.24) is 9.78 Å². The zero-order valence-electron chi connectivity index (χ0n) is 8.15. The summed E-state index contributed by atoms with van der Waals surface area (Å²) in [6.07, 6.45) is 3.72. The molecule has 0 amide bonds. The largest absolute Gasteiger partial charge is 0.493 e. The zero-order valence-corrected chi connectivity index (χ0v) is 8.97. The molecule has 4 nitrogen and oxygen atoms in total. The standard InChI is InChI=1S/C8H15N3OS/c1-11-8(6(9)5-13-3)7(12-2)4-10-11/h4,6H,5,9H2,1-3H3. The van der Waals surface area contributed by atoms with E-state index in [1.54, 1.807) is 29.8 Å². The van der Waals surface area contributed by atoms with Crippen molar-refractivity contribution in [2.24, 2.45) is 12.8 Å². The van der Waals surface area contributed by atoms with E-state index in [-0.39, 0.29) is 6.04 Å². The van der Waals surface area contributed by atoms with E-state index < -0.39 is 0 Å². The Morgan fingerprint density at radius 1 is 1.77 bits per heavy atom. The van der Waals surface area contributed by atoms with E-state index in [2.05, 4.69) is 5.10 Å². The summed E-state index contributed by atoms with van der Waals surface area (Å²) in [4.78, 5) is 0. The number of aryl methyl sites for hydroxylation is 1. The molecule has 1 atom stereocenters. The maximum Gasteiger partial charge on any atom is 0.161 e. The molecule has 1 unspecified atom stereocenters. The number of hydrogen-bond acceptors (Lipinski definition) is 4. The Labute approximate surface area is 82.4 Å². The Morgan fingerprint density at radius 3 is 3.00 bits per heavy atom. The highest BCUT2D eigenvalue weighted by Crippen LogP contribution is 2.24. The van der Waals surface area contributed by atoms with Gasteiger partial charge in [0.1, 0.15) is 0 Å². The Kier molecular flexibility index (Phi) is 3.62. The van der Waals surface area contributed by atoms with Crippen molar-refractivity contribution >= 4 is 11.8 Å². The lowest BCUT2D eigenvalue weighted by Crippen LogP contribution is -2.17. The molecule has 0 saturated heterocycles. The molecule has 2 N–H and O–H groups in total. The quantitative estimate of drug-likeness (QED) is 0.782. The summed E-state index contributed by atoms with van der Waals surface area (Å²) in [6.45, 7) is 0. The molecule has 0 aliphatic rings. The fourth-order valence-corrected chi connectivity index (χ4v) is 1.78. The summed E-state index contributed by atoms with van der Waals surface area (Å²) in [5, 5.41) is 4.09. The van der Waals surface area contributed by atoms with E-state index in [0.717, 1.165) is 17.2 Å². The van der Waals surface area contributed by atoms with Gasteiger partial charge in [-0.3, -0.25) is 4.68 Å². The van der Waals surface area contributed by atoms with E-state index >= 15 is 0 Å². The van der Waals surface area contributed by atoms with Crippen molar-refractivity contribution < 1.29 is 4.74 Å². The maximum atomic E-state index is 5.97. The SMILES string of the molecule is COc1cnn(C)c1C(N)CSC. The summed E-state index contributed by atoms with van der Waals surface area (Å²) in [5.74, 6) is 1.64. The average molecular weight is 201 g/mol. The number of nitrogens with two attached hydrogens (primary N) is 1. The fourth-order valence-electron chi connectivity index (χ4n) is 1.27. The minimum atomic E-state index is -0.0163. The van der Waals surface area contributed by atoms with Gasteiger partial charge in [-0.05, 0) is 6.26 Å². The van der Waals surface area contributed by atoms with Gasteiger partial charge in [0.05, 0.1) is 25.0 Å². The third-order valence-electron chi connectivity index (χ3n) is 1.87. The second-order valence-electron chi connectivity index (χ2n) is 2.78. The van der Waals surface area contributed by atoms with E-state index in [9.17, 15) is 0 Å². The number of methoxy groups -OCH3 is 1. The van der Waals surface area contributed by atoms with Gasteiger partial charge in [0.2, 0.25) is 0 Å². The third kappa shape index (κ3) is 2.16. The number of aromatic nitrogens is 2. The van der Waals surface area contributed by atoms with Crippen molar-refractivity contribution in [2.75, 3.05) is 19.1 Å². The van der Waals surface area contributed by atoms with Crippen LogP contribution < -0.4 is 10.5 Å². The van der Waals surface area contributed by atoms with E-state index in [1.165, 1.54) is 0 Å². The van der Waals surface area contributed by atoms with Crippen LogP contribution in [0.2, 0.25) is 0 Å². The van der Waals surface area contributed by atoms with Gasteiger partial charge in [-0.2, -0.15) is 16.9 Å². The molecular formula is C8H15N3OS. The Balaban J connectivity index is 2.89. The van der Waals surface area contributed by atoms with Crippen LogP contribution >= 0.6 is 11.8 Å². The number of thioether (sulfide) groups is 1. The molecule has 0 aliphatic heterocycles. The predicted octanol–water partition coefficient (Wildman–Crippen LogP) is 0.791. The highest BCUT2D eigenvalue weighted by Gasteiger charge is 2.15. The molecule has 0 aromatic carbocycles. The van der Waals surface area contributed by atoms with Crippen molar-refractivity contribution in [2.45, 2.75) is 6.04 Å². The summed E-state index contributed by atoms with van der Waals surface area (Å²) >= 11 is 1.71. The monoisotopic (exact) mass is 201 g/mol. The van der Waals surface area contributed by atoms with E-state index in [0.29, 0.717) is 0 Å². The van der Waals surface area contributed by atoms with Gasteiger partial charge >= 0.3 is 0 Å². The van der Waals surface area contributed by atoms with Crippen molar-refractivity contribution in [1.29, 1.82) is 0 Å². The molecule has 0 bridgehead atoms. The van der Waals surface area contributed by atoms with Gasteiger partial charge in [-0.1, -0.05) is 0 Å². The minimum Gasteiger partial charge on any atom is -0.493 e. The Bertz CT molecular complexity index is 274. The van der Waals surface area contributed by atoms with Crippen LogP contribution in [-0.2, 0) is 7.05 Å². The Hall–Kier alpha value is -0.680. The van der Waals surface area contributed by atoms with E-state index in [4.69, 9.17) is 10.5 Å². The van der Waals surface area contributed by atoms with Crippen molar-refractivity contribution in [3.8, 4) is 5.75 Å². The van der Waals surface area contributed by atoms with Gasteiger partial charge in [0.15, 0.2) is 5.75 Å². The van der Waals surface area contributed by atoms with Gasteiger partial charge in [-0.15, -0.1) is 0 Å². The summed E-state index contributed by atoms with van der Waals surface area (Å²) in [5.41, 5.74) is 6.92. The first kappa shape index (κ1) is 10.4. The smallest absolute Gasteiger partial charge is 0.161 e. The van der Waals surface area contributed by atoms with Crippen LogP contribution in [0.3, 0.4) is 0 Å². The molecule has 1 aromatic heterocycles.